The molecular formula is C8H10N2. The Hall–Kier alpha value is -1.18. The SMILES string of the molecule is [2H]C([2H])=C([2H])c1ncc(C)nc1C. The lowest BCUT2D eigenvalue weighted by Crippen LogP contribution is -1.92. The van der Waals surface area contributed by atoms with Crippen LogP contribution in [0.5, 0.6) is 0 Å². The molecule has 0 unspecified atom stereocenters. The zero-order chi connectivity index (χ0) is 10.0. The van der Waals surface area contributed by atoms with Crippen molar-refractivity contribution in [2.75, 3.05) is 0 Å². The number of hydrogen-bond donors (Lipinski definition) is 0. The van der Waals surface area contributed by atoms with Gasteiger partial charge >= 0.3 is 0 Å². The Morgan fingerprint density at radius 1 is 1.80 bits per heavy atom. The summed E-state index contributed by atoms with van der Waals surface area (Å²) in [5.41, 5.74) is 1.66. The summed E-state index contributed by atoms with van der Waals surface area (Å²) >= 11 is 0. The Morgan fingerprint density at radius 3 is 3.20 bits per heavy atom. The van der Waals surface area contributed by atoms with Crippen molar-refractivity contribution in [3.63, 3.8) is 0 Å². The van der Waals surface area contributed by atoms with Crippen molar-refractivity contribution in [2.45, 2.75) is 13.8 Å². The predicted octanol–water partition coefficient (Wildman–Crippen LogP) is 1.74. The van der Waals surface area contributed by atoms with E-state index in [4.69, 9.17) is 4.11 Å². The zero-order valence-corrected chi connectivity index (χ0v) is 5.97. The number of aromatic nitrogens is 2. The molecule has 1 rings (SSSR count). The summed E-state index contributed by atoms with van der Waals surface area (Å²) in [6.45, 7) is 2.98. The van der Waals surface area contributed by atoms with Gasteiger partial charge in [0.2, 0.25) is 0 Å². The maximum absolute atomic E-state index is 7.38. The van der Waals surface area contributed by atoms with E-state index in [1.807, 2.05) is 0 Å². The molecule has 0 fully saturated rings. The molecule has 0 N–H and O–H groups in total. The van der Waals surface area contributed by atoms with Gasteiger partial charge in [-0.15, -0.1) is 0 Å². The number of rotatable bonds is 1. The number of aryl methyl sites for hydroxylation is 2. The summed E-state index contributed by atoms with van der Waals surface area (Å²) < 4.78 is 21.3. The molecule has 0 aromatic carbocycles. The van der Waals surface area contributed by atoms with Crippen LogP contribution in [-0.2, 0) is 0 Å². The Bertz CT molecular complexity index is 356. The second-order valence-corrected chi connectivity index (χ2v) is 2.07. The van der Waals surface area contributed by atoms with Gasteiger partial charge in [0.25, 0.3) is 0 Å². The van der Waals surface area contributed by atoms with E-state index in [9.17, 15) is 0 Å². The van der Waals surface area contributed by atoms with Gasteiger partial charge in [0.1, 0.15) is 0 Å². The van der Waals surface area contributed by atoms with Crippen molar-refractivity contribution >= 4 is 6.05 Å². The van der Waals surface area contributed by atoms with Crippen LogP contribution in [0.15, 0.2) is 12.7 Å². The topological polar surface area (TPSA) is 25.8 Å². The second kappa shape index (κ2) is 2.60. The molecule has 10 heavy (non-hydrogen) atoms. The third-order valence-electron chi connectivity index (χ3n) is 1.19. The molecule has 52 valence electrons. The standard InChI is InChI=1S/C8H10N2/c1-4-8-7(3)10-6(2)5-9-8/h4-5H,1H2,2-3H3/i1D2,4D. The number of nitrogens with zero attached hydrogens (tertiary/aromatic N) is 2. The molecule has 2 heteroatoms. The maximum Gasteiger partial charge on any atom is 0.0836 e. The van der Waals surface area contributed by atoms with E-state index >= 15 is 0 Å². The molecular weight excluding hydrogens is 124 g/mol. The fourth-order valence-electron chi connectivity index (χ4n) is 0.720. The minimum atomic E-state index is -0.541. The third-order valence-corrected chi connectivity index (χ3v) is 1.19. The van der Waals surface area contributed by atoms with E-state index < -0.39 is 6.53 Å². The summed E-state index contributed by atoms with van der Waals surface area (Å²) in [7, 11) is 0. The van der Waals surface area contributed by atoms with E-state index in [0.717, 1.165) is 5.69 Å². The first-order chi connectivity index (χ1) is 6.02. The van der Waals surface area contributed by atoms with Crippen LogP contribution < -0.4 is 0 Å². The second-order valence-electron chi connectivity index (χ2n) is 2.07. The molecule has 0 aliphatic carbocycles. The molecule has 0 spiro atoms. The summed E-state index contributed by atoms with van der Waals surface area (Å²) in [4.78, 5) is 8.04. The highest BCUT2D eigenvalue weighted by Gasteiger charge is 1.94. The van der Waals surface area contributed by atoms with E-state index in [-0.39, 0.29) is 6.05 Å². The molecule has 0 aliphatic rings. The highest BCUT2D eigenvalue weighted by atomic mass is 14.8. The van der Waals surface area contributed by atoms with Crippen molar-refractivity contribution in [2.24, 2.45) is 0 Å². The van der Waals surface area contributed by atoms with E-state index in [0.29, 0.717) is 11.4 Å². The molecule has 0 amide bonds. The van der Waals surface area contributed by atoms with Gasteiger partial charge in [0.15, 0.2) is 0 Å². The largest absolute Gasteiger partial charge is 0.255 e. The zero-order valence-electron chi connectivity index (χ0n) is 8.97. The quantitative estimate of drug-likeness (QED) is 0.589. The van der Waals surface area contributed by atoms with Crippen LogP contribution >= 0.6 is 0 Å². The third kappa shape index (κ3) is 1.21. The Kier molecular flexibility index (Phi) is 1.01. The molecule has 0 saturated heterocycles. The molecule has 0 atom stereocenters. The lowest BCUT2D eigenvalue weighted by molar-refractivity contribution is 1.04. The van der Waals surface area contributed by atoms with Crippen LogP contribution in [0, 0.1) is 13.8 Å². The van der Waals surface area contributed by atoms with E-state index in [2.05, 4.69) is 9.97 Å². The molecule has 1 aromatic heterocycles. The highest BCUT2D eigenvalue weighted by Crippen LogP contribution is 2.02. The summed E-state index contributed by atoms with van der Waals surface area (Å²) in [6.07, 6.45) is 1.53. The fourth-order valence-corrected chi connectivity index (χ4v) is 0.720. The van der Waals surface area contributed by atoms with Crippen LogP contribution in [0.3, 0.4) is 0 Å². The first-order valence-electron chi connectivity index (χ1n) is 4.47. The van der Waals surface area contributed by atoms with Crippen molar-refractivity contribution in [3.8, 4) is 0 Å². The van der Waals surface area contributed by atoms with Gasteiger partial charge in [0.05, 0.1) is 21.2 Å². The molecule has 2 nitrogen and oxygen atoms in total. The molecule has 0 aliphatic heterocycles. The first kappa shape index (κ1) is 3.86. The average Bonchev–Trinajstić information content (AvgIpc) is 2.03. The molecule has 0 bridgehead atoms. The van der Waals surface area contributed by atoms with Gasteiger partial charge < -0.3 is 0 Å². The monoisotopic (exact) mass is 137 g/mol. The smallest absolute Gasteiger partial charge is 0.0836 e. The van der Waals surface area contributed by atoms with E-state index in [1.165, 1.54) is 6.20 Å². The minimum Gasteiger partial charge on any atom is -0.255 e. The maximum atomic E-state index is 7.38. The van der Waals surface area contributed by atoms with Crippen molar-refractivity contribution < 1.29 is 4.11 Å². The van der Waals surface area contributed by atoms with Crippen molar-refractivity contribution in [1.82, 2.24) is 9.97 Å². The van der Waals surface area contributed by atoms with E-state index in [1.54, 1.807) is 13.8 Å². The van der Waals surface area contributed by atoms with Crippen molar-refractivity contribution in [1.29, 1.82) is 0 Å². The molecule has 0 radical (unpaired) electrons. The van der Waals surface area contributed by atoms with Crippen LogP contribution in [0.25, 0.3) is 6.05 Å². The van der Waals surface area contributed by atoms with Gasteiger partial charge in [-0.05, 0) is 19.9 Å². The van der Waals surface area contributed by atoms with Crippen LogP contribution in [0.4, 0.5) is 0 Å². The predicted molar refractivity (Wildman–Crippen MR) is 41.6 cm³/mol. The van der Waals surface area contributed by atoms with Gasteiger partial charge in [-0.1, -0.05) is 6.53 Å². The fraction of sp³-hybridized carbons (Fsp3) is 0.250. The Balaban J connectivity index is 3.25. The number of hydrogen-bond acceptors (Lipinski definition) is 2. The molecule has 1 aromatic rings. The van der Waals surface area contributed by atoms with Gasteiger partial charge in [-0.25, -0.2) is 0 Å². The van der Waals surface area contributed by atoms with Crippen molar-refractivity contribution in [3.05, 3.63) is 29.8 Å². The molecule has 1 heterocycles. The summed E-state index contributed by atoms with van der Waals surface area (Å²) in [5, 5.41) is 0. The Labute approximate surface area is 64.9 Å². The van der Waals surface area contributed by atoms with Crippen LogP contribution in [0.1, 0.15) is 21.2 Å². The normalized spacial score (nSPS) is 13.2. The minimum absolute atomic E-state index is 0.190. The van der Waals surface area contributed by atoms with Gasteiger partial charge in [-0.3, -0.25) is 9.97 Å². The lowest BCUT2D eigenvalue weighted by atomic mass is 10.3. The Morgan fingerprint density at radius 2 is 2.60 bits per heavy atom. The van der Waals surface area contributed by atoms with Crippen LogP contribution in [-0.4, -0.2) is 9.97 Å². The van der Waals surface area contributed by atoms with Gasteiger partial charge in [0, 0.05) is 6.20 Å². The first-order valence-corrected chi connectivity index (χ1v) is 2.97. The molecule has 0 saturated carbocycles. The van der Waals surface area contributed by atoms with Gasteiger partial charge in [-0.2, -0.15) is 0 Å². The summed E-state index contributed by atoms with van der Waals surface area (Å²) in [6, 6.07) is -0.190. The lowest BCUT2D eigenvalue weighted by Gasteiger charge is -1.97. The highest BCUT2D eigenvalue weighted by molar-refractivity contribution is 5.43. The summed E-state index contributed by atoms with van der Waals surface area (Å²) in [5.74, 6) is 0. The average molecular weight is 137 g/mol. The van der Waals surface area contributed by atoms with Crippen LogP contribution in [0.2, 0.25) is 0 Å².